The Hall–Kier alpha value is -3.03. The number of ether oxygens (including phenoxy) is 3. The number of carbonyl (C=O) groups is 2. The highest BCUT2D eigenvalue weighted by atomic mass is 35.5. The molecule has 0 spiro atoms. The number of amides is 1. The Balaban J connectivity index is 1.47. The average molecular weight is 444 g/mol. The van der Waals surface area contributed by atoms with Crippen LogP contribution in [0, 0.1) is 0 Å². The van der Waals surface area contributed by atoms with Crippen molar-refractivity contribution in [3.63, 3.8) is 0 Å². The maximum Gasteiger partial charge on any atom is 0.349 e. The van der Waals surface area contributed by atoms with Crippen molar-refractivity contribution in [1.29, 1.82) is 0 Å². The molecule has 1 N–H and O–H groups in total. The lowest BCUT2D eigenvalue weighted by Gasteiger charge is -2.16. The number of halogens is 1. The van der Waals surface area contributed by atoms with Crippen LogP contribution in [0.5, 0.6) is 11.5 Å². The molecule has 1 amide bonds. The highest BCUT2D eigenvalue weighted by Gasteiger charge is 2.25. The molecule has 0 radical (unpaired) electrons. The molecule has 1 aliphatic heterocycles. The molecular weight excluding hydrogens is 426 g/mol. The molecule has 1 unspecified atom stereocenters. The van der Waals surface area contributed by atoms with Gasteiger partial charge < -0.3 is 19.5 Å². The topological polar surface area (TPSA) is 73.9 Å². The molecule has 0 aliphatic carbocycles. The molecule has 1 aliphatic rings. The summed E-state index contributed by atoms with van der Waals surface area (Å²) >= 11 is 7.31. The molecule has 30 heavy (non-hydrogen) atoms. The van der Waals surface area contributed by atoms with Gasteiger partial charge in [0.05, 0.1) is 12.8 Å². The molecule has 0 saturated carbocycles. The normalized spacial score (nSPS) is 12.8. The number of anilines is 1. The molecule has 1 atom stereocenters. The van der Waals surface area contributed by atoms with Gasteiger partial charge >= 0.3 is 5.97 Å². The van der Waals surface area contributed by atoms with Gasteiger partial charge in [-0.3, -0.25) is 4.79 Å². The first kappa shape index (κ1) is 20.3. The van der Waals surface area contributed by atoms with Crippen molar-refractivity contribution in [2.24, 2.45) is 0 Å². The van der Waals surface area contributed by atoms with E-state index in [4.69, 9.17) is 25.8 Å². The van der Waals surface area contributed by atoms with Gasteiger partial charge in [-0.1, -0.05) is 23.7 Å². The van der Waals surface area contributed by atoms with Gasteiger partial charge in [0, 0.05) is 21.0 Å². The fraction of sp³-hybridized carbons (Fsp3) is 0.182. The highest BCUT2D eigenvalue weighted by Crippen LogP contribution is 2.42. The lowest BCUT2D eigenvalue weighted by molar-refractivity contribution is -0.123. The summed E-state index contributed by atoms with van der Waals surface area (Å²) in [6, 6.07) is 14.3. The number of hydrogen-bond acceptors (Lipinski definition) is 6. The number of nitrogens with one attached hydrogen (secondary N) is 1. The second-order valence-electron chi connectivity index (χ2n) is 6.63. The van der Waals surface area contributed by atoms with Crippen LogP contribution in [-0.2, 0) is 16.1 Å². The summed E-state index contributed by atoms with van der Waals surface area (Å²) in [5.74, 6) is 0.192. The van der Waals surface area contributed by atoms with Crippen molar-refractivity contribution >= 4 is 40.5 Å². The van der Waals surface area contributed by atoms with Gasteiger partial charge in [0.25, 0.3) is 5.91 Å². The summed E-state index contributed by atoms with van der Waals surface area (Å²) < 4.78 is 16.3. The predicted octanol–water partition coefficient (Wildman–Crippen LogP) is 5.15. The van der Waals surface area contributed by atoms with E-state index in [1.54, 1.807) is 24.3 Å². The number of fused-ring (bicyclic) bond motifs is 3. The second kappa shape index (κ2) is 8.38. The molecule has 1 aromatic heterocycles. The van der Waals surface area contributed by atoms with E-state index in [0.717, 1.165) is 21.8 Å². The van der Waals surface area contributed by atoms with Gasteiger partial charge in [-0.25, -0.2) is 4.79 Å². The third-order valence-corrected chi connectivity index (χ3v) is 6.02. The lowest BCUT2D eigenvalue weighted by atomic mass is 10.1. The zero-order chi connectivity index (χ0) is 21.3. The number of carbonyl (C=O) groups excluding carboxylic acids is 2. The van der Waals surface area contributed by atoms with Gasteiger partial charge in [0.15, 0.2) is 6.10 Å². The molecule has 2 aromatic carbocycles. The molecule has 8 heteroatoms. The summed E-state index contributed by atoms with van der Waals surface area (Å²) in [6.07, 6.45) is -1.01. The Morgan fingerprint density at radius 2 is 2.00 bits per heavy atom. The predicted molar refractivity (Wildman–Crippen MR) is 116 cm³/mol. The number of para-hydroxylation sites is 1. The molecule has 0 saturated heterocycles. The van der Waals surface area contributed by atoms with E-state index in [-0.39, 0.29) is 0 Å². The van der Waals surface area contributed by atoms with E-state index >= 15 is 0 Å². The van der Waals surface area contributed by atoms with Crippen molar-refractivity contribution in [2.45, 2.75) is 19.6 Å². The minimum atomic E-state index is -1.01. The van der Waals surface area contributed by atoms with Crippen molar-refractivity contribution in [1.82, 2.24) is 0 Å². The van der Waals surface area contributed by atoms with E-state index in [1.807, 2.05) is 24.3 Å². The molecule has 3 aromatic rings. The fourth-order valence-electron chi connectivity index (χ4n) is 3.08. The number of rotatable bonds is 5. The van der Waals surface area contributed by atoms with E-state index in [2.05, 4.69) is 5.32 Å². The largest absolute Gasteiger partial charge is 0.495 e. The molecular formula is C22H18ClNO5S. The summed E-state index contributed by atoms with van der Waals surface area (Å²) in [6.45, 7) is 1.90. The maximum absolute atomic E-state index is 12.6. The van der Waals surface area contributed by atoms with Crippen LogP contribution in [0.25, 0.3) is 10.4 Å². The van der Waals surface area contributed by atoms with E-state index in [9.17, 15) is 9.59 Å². The van der Waals surface area contributed by atoms with Crippen LogP contribution in [0.2, 0.25) is 5.02 Å². The van der Waals surface area contributed by atoms with Gasteiger partial charge in [0.2, 0.25) is 0 Å². The summed E-state index contributed by atoms with van der Waals surface area (Å²) in [7, 11) is 1.49. The van der Waals surface area contributed by atoms with Gasteiger partial charge in [-0.2, -0.15) is 0 Å². The van der Waals surface area contributed by atoms with Gasteiger partial charge in [-0.15, -0.1) is 11.3 Å². The van der Waals surface area contributed by atoms with E-state index < -0.39 is 18.0 Å². The van der Waals surface area contributed by atoms with Crippen molar-refractivity contribution < 1.29 is 23.8 Å². The maximum atomic E-state index is 12.6. The van der Waals surface area contributed by atoms with E-state index in [1.165, 1.54) is 25.4 Å². The third kappa shape index (κ3) is 3.99. The molecule has 154 valence electrons. The summed E-state index contributed by atoms with van der Waals surface area (Å²) in [5.41, 5.74) is 2.27. The van der Waals surface area contributed by atoms with Crippen LogP contribution in [0.3, 0.4) is 0 Å². The van der Waals surface area contributed by atoms with Crippen LogP contribution >= 0.6 is 22.9 Å². The lowest BCUT2D eigenvalue weighted by Crippen LogP contribution is -2.30. The Bertz CT molecular complexity index is 1130. The van der Waals surface area contributed by atoms with Crippen LogP contribution < -0.4 is 14.8 Å². The Kier molecular flexibility index (Phi) is 5.65. The molecule has 4 rings (SSSR count). The van der Waals surface area contributed by atoms with Gasteiger partial charge in [-0.05, 0) is 43.3 Å². The minimum Gasteiger partial charge on any atom is -0.495 e. The SMILES string of the molecule is COc1ccc(Cl)cc1NC(=O)C(C)OC(=O)c1cc2c(s1)-c1ccccc1OC2. The molecule has 6 nitrogen and oxygen atoms in total. The zero-order valence-electron chi connectivity index (χ0n) is 16.2. The molecule has 2 heterocycles. The van der Waals surface area contributed by atoms with Crippen molar-refractivity contribution in [2.75, 3.05) is 12.4 Å². The fourth-order valence-corrected chi connectivity index (χ4v) is 4.34. The number of benzene rings is 2. The van der Waals surface area contributed by atoms with E-state index in [0.29, 0.717) is 27.9 Å². The van der Waals surface area contributed by atoms with Crippen molar-refractivity contribution in [3.05, 3.63) is 64.0 Å². The monoisotopic (exact) mass is 443 g/mol. The smallest absolute Gasteiger partial charge is 0.349 e. The number of esters is 1. The average Bonchev–Trinajstić information content (AvgIpc) is 3.19. The standard InChI is InChI=1S/C22H18ClNO5S/c1-12(21(25)24-16-10-14(23)7-8-18(16)27-2)29-22(26)19-9-13-11-28-17-6-4-3-5-15(17)20(13)30-19/h3-10,12H,11H2,1-2H3,(H,24,25). The quantitative estimate of drug-likeness (QED) is 0.552. The highest BCUT2D eigenvalue weighted by molar-refractivity contribution is 7.17. The van der Waals surface area contributed by atoms with Crippen LogP contribution in [-0.4, -0.2) is 25.1 Å². The number of hydrogen-bond donors (Lipinski definition) is 1. The third-order valence-electron chi connectivity index (χ3n) is 4.60. The Morgan fingerprint density at radius 3 is 2.80 bits per heavy atom. The van der Waals surface area contributed by atoms with Crippen LogP contribution in [0.15, 0.2) is 48.5 Å². The summed E-state index contributed by atoms with van der Waals surface area (Å²) in [4.78, 5) is 26.5. The van der Waals surface area contributed by atoms with Crippen molar-refractivity contribution in [3.8, 4) is 21.9 Å². The van der Waals surface area contributed by atoms with Crippen LogP contribution in [0.4, 0.5) is 5.69 Å². The molecule has 0 fully saturated rings. The van der Waals surface area contributed by atoms with Crippen LogP contribution in [0.1, 0.15) is 22.2 Å². The Labute approximate surface area is 182 Å². The molecule has 0 bridgehead atoms. The minimum absolute atomic E-state index is 0.390. The first-order valence-electron chi connectivity index (χ1n) is 9.16. The first-order valence-corrected chi connectivity index (χ1v) is 10.4. The first-order chi connectivity index (χ1) is 14.5. The summed E-state index contributed by atoms with van der Waals surface area (Å²) in [5, 5.41) is 3.13. The van der Waals surface area contributed by atoms with Gasteiger partial charge in [0.1, 0.15) is 23.0 Å². The Morgan fingerprint density at radius 1 is 1.20 bits per heavy atom. The number of methoxy groups -OCH3 is 1. The number of thiophene rings is 1. The second-order valence-corrected chi connectivity index (χ2v) is 8.12. The zero-order valence-corrected chi connectivity index (χ0v) is 17.8.